The molecule has 2 aromatic rings. The number of nitrogens with two attached hydrogens (primary N) is 2. The van der Waals surface area contributed by atoms with E-state index in [4.69, 9.17) is 29.8 Å². The first-order valence-corrected chi connectivity index (χ1v) is 7.82. The fourth-order valence-corrected chi connectivity index (χ4v) is 1.84. The number of hydrogen-bond acceptors (Lipinski definition) is 7. The van der Waals surface area contributed by atoms with Gasteiger partial charge in [0.05, 0.1) is 23.1 Å². The van der Waals surface area contributed by atoms with E-state index in [0.717, 1.165) is 28.0 Å². The molecular weight excluding hydrogens is 423 g/mol. The van der Waals surface area contributed by atoms with E-state index in [1.54, 1.807) is 30.4 Å². The normalized spacial score (nSPS) is 11.6. The van der Waals surface area contributed by atoms with Gasteiger partial charge >= 0.3 is 33.1 Å². The quantitative estimate of drug-likeness (QED) is 0.322. The number of aliphatic hydroxyl groups excluding tert-OH is 2. The van der Waals surface area contributed by atoms with Crippen LogP contribution in [0.4, 0.5) is 0 Å². The van der Waals surface area contributed by atoms with Crippen LogP contribution in [0, 0.1) is 0 Å². The number of amidine groups is 2. The van der Waals surface area contributed by atoms with Crippen LogP contribution in [0.3, 0.4) is 0 Å². The van der Waals surface area contributed by atoms with Crippen molar-refractivity contribution in [2.45, 2.75) is 6.92 Å². The molecule has 0 aliphatic rings. The molecule has 0 fully saturated rings. The third-order valence-corrected chi connectivity index (χ3v) is 3.05. The SMILES string of the molecule is C/C(=N/N=C(/N)O)c1cccs1.Cl.N/C(O)=N/N=C\c1ccco1.[O]=[V]. The van der Waals surface area contributed by atoms with Gasteiger partial charge in [-0.15, -0.1) is 28.8 Å². The number of hydrogen-bond donors (Lipinski definition) is 4. The van der Waals surface area contributed by atoms with E-state index in [9.17, 15) is 0 Å². The Morgan fingerprint density at radius 1 is 1.15 bits per heavy atom. The molecule has 0 spiro atoms. The van der Waals surface area contributed by atoms with Crippen molar-refractivity contribution in [3.63, 3.8) is 0 Å². The molecule has 2 rings (SSSR count). The fourth-order valence-electron chi connectivity index (χ4n) is 1.17. The van der Waals surface area contributed by atoms with Crippen molar-refractivity contribution < 1.29 is 35.7 Å². The van der Waals surface area contributed by atoms with Crippen LogP contribution >= 0.6 is 23.7 Å². The number of thiophene rings is 1. The summed E-state index contributed by atoms with van der Waals surface area (Å²) in [7, 11) is 0. The second-order valence-corrected chi connectivity index (χ2v) is 4.79. The number of furan rings is 1. The Bertz CT molecular complexity index is 711. The molecular formula is C13H17ClN6O4SV. The summed E-state index contributed by atoms with van der Waals surface area (Å²) in [6, 6.07) is 6.16. The molecule has 2 heterocycles. The fraction of sp³-hybridized carbons (Fsp3) is 0.0769. The Balaban J connectivity index is 0. The summed E-state index contributed by atoms with van der Waals surface area (Å²) in [5.41, 5.74) is 10.4. The maximum atomic E-state index is 8.52. The van der Waals surface area contributed by atoms with Crippen molar-refractivity contribution in [2.75, 3.05) is 0 Å². The first-order chi connectivity index (χ1) is 12.0. The van der Waals surface area contributed by atoms with Crippen LogP contribution in [0.2, 0.25) is 0 Å². The van der Waals surface area contributed by atoms with Gasteiger partial charge in [-0.25, -0.2) is 0 Å². The first-order valence-electron chi connectivity index (χ1n) is 6.37. The standard InChI is InChI=1S/C7H9N3OS.C6H7N3O2.ClH.O.V/c1-5(9-10-7(8)11)6-3-2-4-12-6;7-6(10)9-8-4-5-2-1-3-11-5;;;/h2-4H,1H3,(H3,8,10,11);1-4H,(H3,7,9,10);1H;;/b9-5-;8-4-;;;. The molecule has 141 valence electrons. The van der Waals surface area contributed by atoms with Gasteiger partial charge < -0.3 is 26.1 Å². The van der Waals surface area contributed by atoms with E-state index in [1.165, 1.54) is 12.5 Å². The van der Waals surface area contributed by atoms with E-state index in [-0.39, 0.29) is 12.4 Å². The van der Waals surface area contributed by atoms with E-state index >= 15 is 0 Å². The topological polar surface area (TPSA) is 172 Å². The molecule has 0 aliphatic heterocycles. The second-order valence-electron chi connectivity index (χ2n) is 3.84. The van der Waals surface area contributed by atoms with Crippen molar-refractivity contribution >= 4 is 47.7 Å². The van der Waals surface area contributed by atoms with Gasteiger partial charge in [0, 0.05) is 0 Å². The molecule has 0 bridgehead atoms. The summed E-state index contributed by atoms with van der Waals surface area (Å²) in [5, 5.41) is 32.4. The first kappa shape index (κ1) is 25.8. The zero-order chi connectivity index (χ0) is 19.1. The van der Waals surface area contributed by atoms with Crippen LogP contribution < -0.4 is 11.5 Å². The molecule has 0 atom stereocenters. The monoisotopic (exact) mass is 439 g/mol. The molecule has 6 N–H and O–H groups in total. The van der Waals surface area contributed by atoms with E-state index in [1.807, 2.05) is 17.5 Å². The molecule has 0 amide bonds. The van der Waals surface area contributed by atoms with Crippen LogP contribution in [0.5, 0.6) is 0 Å². The summed E-state index contributed by atoms with van der Waals surface area (Å²) in [6.45, 7) is 1.80. The van der Waals surface area contributed by atoms with E-state index in [2.05, 4.69) is 20.4 Å². The van der Waals surface area contributed by atoms with Crippen molar-refractivity contribution in [3.05, 3.63) is 46.5 Å². The average Bonchev–Trinajstić information content (AvgIpc) is 3.28. The summed E-state index contributed by atoms with van der Waals surface area (Å²) in [6.07, 6.45) is 2.84. The van der Waals surface area contributed by atoms with Crippen molar-refractivity contribution in [1.29, 1.82) is 0 Å². The molecule has 10 nitrogen and oxygen atoms in total. The molecule has 0 radical (unpaired) electrons. The molecule has 0 unspecified atom stereocenters. The summed E-state index contributed by atoms with van der Waals surface area (Å²) in [5.74, 6) is 0.551. The van der Waals surface area contributed by atoms with Gasteiger partial charge in [-0.2, -0.15) is 5.10 Å². The zero-order valence-corrected chi connectivity index (χ0v) is 16.5. The predicted molar refractivity (Wildman–Crippen MR) is 99.3 cm³/mol. The maximum absolute atomic E-state index is 8.52. The average molecular weight is 440 g/mol. The van der Waals surface area contributed by atoms with Crippen LogP contribution in [0.25, 0.3) is 0 Å². The van der Waals surface area contributed by atoms with Gasteiger partial charge in [-0.1, -0.05) is 16.3 Å². The molecule has 2 aromatic heterocycles. The van der Waals surface area contributed by atoms with Gasteiger partial charge in [0.15, 0.2) is 0 Å². The number of rotatable bonds is 4. The number of nitrogens with zero attached hydrogens (tertiary/aromatic N) is 4. The molecule has 0 saturated carbocycles. The Morgan fingerprint density at radius 2 is 1.81 bits per heavy atom. The van der Waals surface area contributed by atoms with E-state index < -0.39 is 12.0 Å². The Labute approximate surface area is 168 Å². The van der Waals surface area contributed by atoms with Gasteiger partial charge in [0.1, 0.15) is 5.76 Å². The molecule has 0 saturated heterocycles. The third kappa shape index (κ3) is 12.9. The Morgan fingerprint density at radius 3 is 2.27 bits per heavy atom. The molecule has 0 aromatic carbocycles. The van der Waals surface area contributed by atoms with Gasteiger partial charge in [0.25, 0.3) is 0 Å². The Kier molecular flexibility index (Phi) is 15.9. The van der Waals surface area contributed by atoms with Gasteiger partial charge in [-0.05, 0) is 30.5 Å². The van der Waals surface area contributed by atoms with Crippen molar-refractivity contribution in [1.82, 2.24) is 0 Å². The summed E-state index contributed by atoms with van der Waals surface area (Å²) >= 11 is 2.62. The van der Waals surface area contributed by atoms with Crippen LogP contribution in [0.1, 0.15) is 17.6 Å². The molecule has 26 heavy (non-hydrogen) atoms. The minimum absolute atomic E-state index is 0. The Hall–Kier alpha value is -2.47. The van der Waals surface area contributed by atoms with Crippen LogP contribution in [-0.2, 0) is 21.0 Å². The summed E-state index contributed by atoms with van der Waals surface area (Å²) < 4.78 is 13.1. The third-order valence-electron chi connectivity index (χ3n) is 2.07. The van der Waals surface area contributed by atoms with Gasteiger partial charge in [-0.3, -0.25) is 0 Å². The van der Waals surface area contributed by atoms with Crippen molar-refractivity contribution in [3.8, 4) is 0 Å². The second kappa shape index (κ2) is 16.0. The van der Waals surface area contributed by atoms with Crippen LogP contribution in [-0.4, -0.2) is 34.2 Å². The number of halogens is 1. The van der Waals surface area contributed by atoms with E-state index in [0.29, 0.717) is 5.76 Å². The predicted octanol–water partition coefficient (Wildman–Crippen LogP) is 2.13. The minimum atomic E-state index is -0.576. The van der Waals surface area contributed by atoms with Gasteiger partial charge in [0.2, 0.25) is 0 Å². The summed E-state index contributed by atoms with van der Waals surface area (Å²) in [4.78, 5) is 1.01. The molecule has 13 heteroatoms. The van der Waals surface area contributed by atoms with Crippen molar-refractivity contribution in [2.24, 2.45) is 31.9 Å². The molecule has 0 aliphatic carbocycles. The van der Waals surface area contributed by atoms with Crippen LogP contribution in [0.15, 0.2) is 60.7 Å². The zero-order valence-electron chi connectivity index (χ0n) is 13.5. The number of aliphatic hydroxyl groups is 2.